The molecule has 0 saturated heterocycles. The summed E-state index contributed by atoms with van der Waals surface area (Å²) in [7, 11) is 0. The molecule has 22 heavy (non-hydrogen) atoms. The number of carboxylic acid groups (broad SMARTS) is 1. The molecule has 110 valence electrons. The number of amides is 2. The quantitative estimate of drug-likeness (QED) is 0.882. The molecule has 3 rings (SSSR count). The molecule has 1 N–H and O–H groups in total. The number of carboxylic acids is 1. The van der Waals surface area contributed by atoms with Gasteiger partial charge in [0.15, 0.2) is 5.54 Å². The Labute approximate surface area is 126 Å². The largest absolute Gasteiger partial charge is 0.479 e. The van der Waals surface area contributed by atoms with Crippen LogP contribution >= 0.6 is 0 Å². The molecule has 0 aromatic heterocycles. The van der Waals surface area contributed by atoms with Gasteiger partial charge < -0.3 is 5.11 Å². The SMILES string of the molecule is C[C@@](C(=O)O)(c1ccccc1)N1C(=O)c2ccccc2C1=O. The molecule has 0 bridgehead atoms. The second kappa shape index (κ2) is 4.80. The van der Waals surface area contributed by atoms with Gasteiger partial charge in [-0.1, -0.05) is 42.5 Å². The minimum Gasteiger partial charge on any atom is -0.479 e. The van der Waals surface area contributed by atoms with Crippen molar-refractivity contribution >= 4 is 17.8 Å². The van der Waals surface area contributed by atoms with Gasteiger partial charge in [-0.15, -0.1) is 0 Å². The van der Waals surface area contributed by atoms with Crippen LogP contribution in [0.5, 0.6) is 0 Å². The third kappa shape index (κ3) is 1.75. The summed E-state index contributed by atoms with van der Waals surface area (Å²) in [6.07, 6.45) is 0. The number of hydrogen-bond acceptors (Lipinski definition) is 3. The highest BCUT2D eigenvalue weighted by atomic mass is 16.4. The summed E-state index contributed by atoms with van der Waals surface area (Å²) in [6.45, 7) is 1.37. The molecule has 1 atom stereocenters. The van der Waals surface area contributed by atoms with Crippen LogP contribution in [0.2, 0.25) is 0 Å². The number of fused-ring (bicyclic) bond motifs is 1. The normalized spacial score (nSPS) is 16.3. The van der Waals surface area contributed by atoms with Crippen LogP contribution in [0, 0.1) is 0 Å². The first-order valence-electron chi connectivity index (χ1n) is 6.74. The molecule has 0 spiro atoms. The Hall–Kier alpha value is -2.95. The van der Waals surface area contributed by atoms with Crippen LogP contribution in [0.4, 0.5) is 0 Å². The number of carbonyl (C=O) groups excluding carboxylic acids is 2. The average Bonchev–Trinajstić information content (AvgIpc) is 2.79. The molecule has 1 aliphatic heterocycles. The lowest BCUT2D eigenvalue weighted by Crippen LogP contribution is -2.52. The van der Waals surface area contributed by atoms with Gasteiger partial charge in [0.1, 0.15) is 0 Å². The van der Waals surface area contributed by atoms with Gasteiger partial charge in [0.2, 0.25) is 0 Å². The van der Waals surface area contributed by atoms with Gasteiger partial charge >= 0.3 is 5.97 Å². The number of aliphatic carboxylic acids is 1. The number of imide groups is 1. The van der Waals surface area contributed by atoms with E-state index < -0.39 is 23.3 Å². The lowest BCUT2D eigenvalue weighted by Gasteiger charge is -2.33. The molecule has 5 nitrogen and oxygen atoms in total. The standard InChI is InChI=1S/C17H13NO4/c1-17(16(21)22,11-7-3-2-4-8-11)18-14(19)12-9-5-6-10-13(12)15(18)20/h2-10H,1H3,(H,21,22)/t17-/m0/s1. The first-order chi connectivity index (χ1) is 10.5. The van der Waals surface area contributed by atoms with Crippen LogP contribution in [-0.4, -0.2) is 27.8 Å². The molecular weight excluding hydrogens is 282 g/mol. The van der Waals surface area contributed by atoms with Crippen molar-refractivity contribution in [1.82, 2.24) is 4.90 Å². The first-order valence-corrected chi connectivity index (χ1v) is 6.74. The van der Waals surface area contributed by atoms with Gasteiger partial charge in [-0.05, 0) is 24.6 Å². The lowest BCUT2D eigenvalue weighted by atomic mass is 9.90. The minimum absolute atomic E-state index is 0.232. The number of hydrogen-bond donors (Lipinski definition) is 1. The van der Waals surface area contributed by atoms with Crippen LogP contribution in [0.3, 0.4) is 0 Å². The molecule has 2 aromatic carbocycles. The van der Waals surface area contributed by atoms with E-state index in [0.29, 0.717) is 5.56 Å². The van der Waals surface area contributed by atoms with Crippen molar-refractivity contribution < 1.29 is 19.5 Å². The Kier molecular flexibility index (Phi) is 3.06. The van der Waals surface area contributed by atoms with Crippen molar-refractivity contribution in [3.63, 3.8) is 0 Å². The van der Waals surface area contributed by atoms with E-state index in [0.717, 1.165) is 4.90 Å². The first kappa shape index (κ1) is 14.0. The van der Waals surface area contributed by atoms with Crippen LogP contribution in [0.1, 0.15) is 33.2 Å². The van der Waals surface area contributed by atoms with E-state index in [9.17, 15) is 19.5 Å². The second-order valence-electron chi connectivity index (χ2n) is 5.23. The summed E-state index contributed by atoms with van der Waals surface area (Å²) in [5, 5.41) is 9.71. The summed E-state index contributed by atoms with van der Waals surface area (Å²) in [6, 6.07) is 14.6. The molecule has 0 unspecified atom stereocenters. The molecule has 0 radical (unpaired) electrons. The zero-order valence-electron chi connectivity index (χ0n) is 11.8. The molecule has 0 fully saturated rings. The summed E-state index contributed by atoms with van der Waals surface area (Å²) >= 11 is 0. The number of rotatable bonds is 3. The second-order valence-corrected chi connectivity index (χ2v) is 5.23. The van der Waals surface area contributed by atoms with Crippen molar-refractivity contribution in [1.29, 1.82) is 0 Å². The lowest BCUT2D eigenvalue weighted by molar-refractivity contribution is -0.148. The minimum atomic E-state index is -1.76. The molecule has 5 heteroatoms. The summed E-state index contributed by atoms with van der Waals surface area (Å²) in [5.41, 5.74) is -0.919. The summed E-state index contributed by atoms with van der Waals surface area (Å²) < 4.78 is 0. The molecular formula is C17H13NO4. The molecule has 1 aliphatic rings. The van der Waals surface area contributed by atoms with Gasteiger partial charge in [0.05, 0.1) is 11.1 Å². The molecule has 1 heterocycles. The van der Waals surface area contributed by atoms with E-state index >= 15 is 0 Å². The third-order valence-corrected chi connectivity index (χ3v) is 3.99. The predicted molar refractivity (Wildman–Crippen MR) is 78.4 cm³/mol. The maximum absolute atomic E-state index is 12.6. The Bertz CT molecular complexity index is 749. The Morgan fingerprint density at radius 1 is 0.909 bits per heavy atom. The molecule has 2 aromatic rings. The van der Waals surface area contributed by atoms with Crippen molar-refractivity contribution in [2.24, 2.45) is 0 Å². The predicted octanol–water partition coefficient (Wildman–Crippen LogP) is 2.28. The smallest absolute Gasteiger partial charge is 0.334 e. The van der Waals surface area contributed by atoms with Crippen molar-refractivity contribution in [3.05, 3.63) is 71.3 Å². The van der Waals surface area contributed by atoms with E-state index in [2.05, 4.69) is 0 Å². The fourth-order valence-corrected chi connectivity index (χ4v) is 2.71. The zero-order chi connectivity index (χ0) is 15.9. The topological polar surface area (TPSA) is 74.7 Å². The Morgan fingerprint density at radius 2 is 1.36 bits per heavy atom. The van der Waals surface area contributed by atoms with E-state index in [-0.39, 0.29) is 11.1 Å². The maximum Gasteiger partial charge on any atom is 0.334 e. The van der Waals surface area contributed by atoms with E-state index in [1.165, 1.54) is 19.1 Å². The van der Waals surface area contributed by atoms with Crippen LogP contribution in [-0.2, 0) is 10.3 Å². The Morgan fingerprint density at radius 3 is 1.82 bits per heavy atom. The number of nitrogens with zero attached hydrogens (tertiary/aromatic N) is 1. The van der Waals surface area contributed by atoms with Crippen LogP contribution in [0.15, 0.2) is 54.6 Å². The monoisotopic (exact) mass is 295 g/mol. The molecule has 2 amide bonds. The number of benzene rings is 2. The third-order valence-electron chi connectivity index (χ3n) is 3.99. The van der Waals surface area contributed by atoms with Gasteiger partial charge in [0.25, 0.3) is 11.8 Å². The highest BCUT2D eigenvalue weighted by Crippen LogP contribution is 2.36. The summed E-state index contributed by atoms with van der Waals surface area (Å²) in [5.74, 6) is -2.43. The van der Waals surface area contributed by atoms with Crippen LogP contribution < -0.4 is 0 Å². The fraction of sp³-hybridized carbons (Fsp3) is 0.118. The van der Waals surface area contributed by atoms with E-state index in [1.54, 1.807) is 42.5 Å². The highest BCUT2D eigenvalue weighted by Gasteiger charge is 2.51. The van der Waals surface area contributed by atoms with E-state index in [4.69, 9.17) is 0 Å². The average molecular weight is 295 g/mol. The van der Waals surface area contributed by atoms with Crippen molar-refractivity contribution in [2.45, 2.75) is 12.5 Å². The van der Waals surface area contributed by atoms with Gasteiger partial charge in [-0.2, -0.15) is 0 Å². The maximum atomic E-state index is 12.6. The van der Waals surface area contributed by atoms with Gasteiger partial charge in [-0.3, -0.25) is 14.5 Å². The summed E-state index contributed by atoms with van der Waals surface area (Å²) in [4.78, 5) is 37.9. The zero-order valence-corrected chi connectivity index (χ0v) is 11.8. The van der Waals surface area contributed by atoms with Crippen molar-refractivity contribution in [2.75, 3.05) is 0 Å². The van der Waals surface area contributed by atoms with E-state index in [1.807, 2.05) is 0 Å². The van der Waals surface area contributed by atoms with Gasteiger partial charge in [0, 0.05) is 0 Å². The number of carbonyl (C=O) groups is 3. The van der Waals surface area contributed by atoms with Gasteiger partial charge in [-0.25, -0.2) is 4.79 Å². The fourth-order valence-electron chi connectivity index (χ4n) is 2.71. The van der Waals surface area contributed by atoms with Crippen LogP contribution in [0.25, 0.3) is 0 Å². The Balaban J connectivity index is 2.19. The molecule has 0 saturated carbocycles. The highest BCUT2D eigenvalue weighted by molar-refractivity contribution is 6.23. The van der Waals surface area contributed by atoms with Crippen molar-refractivity contribution in [3.8, 4) is 0 Å². The molecule has 0 aliphatic carbocycles.